The number of benzene rings is 1. The van der Waals surface area contributed by atoms with Crippen molar-refractivity contribution < 1.29 is 9.26 Å². The molecule has 78 valence electrons. The first-order valence-electron chi connectivity index (χ1n) is 4.50. The van der Waals surface area contributed by atoms with Crippen molar-refractivity contribution in [3.63, 3.8) is 0 Å². The van der Waals surface area contributed by atoms with Gasteiger partial charge >= 0.3 is 0 Å². The van der Waals surface area contributed by atoms with Gasteiger partial charge in [0.1, 0.15) is 18.1 Å². The van der Waals surface area contributed by atoms with Gasteiger partial charge in [0.2, 0.25) is 0 Å². The highest BCUT2D eigenvalue weighted by atomic mass is 31.1. The fraction of sp³-hybridized carbons (Fsp3) is 0.400. The molecule has 0 saturated heterocycles. The van der Waals surface area contributed by atoms with Gasteiger partial charge in [-0.25, -0.2) is 0 Å². The lowest BCUT2D eigenvalue weighted by molar-refractivity contribution is 0.328. The smallest absolute Gasteiger partial charge is 0.123 e. The number of rotatable bonds is 5. The lowest BCUT2D eigenvalue weighted by atomic mass is 10.3. The summed E-state index contributed by atoms with van der Waals surface area (Å²) in [5.41, 5.74) is 5.33. The summed E-state index contributed by atoms with van der Waals surface area (Å²) in [5, 5.41) is 0. The Hall–Kier alpha value is -0.790. The van der Waals surface area contributed by atoms with Crippen LogP contribution in [0.15, 0.2) is 24.3 Å². The summed E-state index contributed by atoms with van der Waals surface area (Å²) < 4.78 is 10.9. The maximum atomic E-state index is 5.56. The Kier molecular flexibility index (Phi) is 4.71. The molecule has 0 unspecified atom stereocenters. The molecule has 0 amide bonds. The van der Waals surface area contributed by atoms with Gasteiger partial charge in [-0.1, -0.05) is 0 Å². The van der Waals surface area contributed by atoms with E-state index in [0.29, 0.717) is 13.2 Å². The van der Waals surface area contributed by atoms with E-state index in [1.807, 2.05) is 24.3 Å². The first kappa shape index (κ1) is 11.3. The third-order valence-corrected chi connectivity index (χ3v) is 2.07. The lowest BCUT2D eigenvalue weighted by Crippen LogP contribution is -2.10. The molecule has 0 spiro atoms. The van der Waals surface area contributed by atoms with Crippen molar-refractivity contribution in [1.29, 1.82) is 0 Å². The quantitative estimate of drug-likeness (QED) is 0.761. The normalized spacial score (nSPS) is 10.3. The highest BCUT2D eigenvalue weighted by Gasteiger charge is 1.98. The molecule has 1 aromatic rings. The molecular formula is C10H16NO2P. The van der Waals surface area contributed by atoms with Crippen molar-refractivity contribution in [3.05, 3.63) is 24.3 Å². The van der Waals surface area contributed by atoms with E-state index in [-0.39, 0.29) is 8.15 Å². The van der Waals surface area contributed by atoms with Gasteiger partial charge in [0.15, 0.2) is 0 Å². The summed E-state index contributed by atoms with van der Waals surface area (Å²) in [5.74, 6) is 1.72. The summed E-state index contributed by atoms with van der Waals surface area (Å²) in [6, 6.07) is 7.61. The van der Waals surface area contributed by atoms with Gasteiger partial charge in [-0.15, -0.1) is 0 Å². The van der Waals surface area contributed by atoms with Gasteiger partial charge in [-0.05, 0) is 37.6 Å². The highest BCUT2D eigenvalue weighted by Crippen LogP contribution is 2.30. The van der Waals surface area contributed by atoms with E-state index in [4.69, 9.17) is 15.0 Å². The monoisotopic (exact) mass is 213 g/mol. The molecule has 4 heteroatoms. The van der Waals surface area contributed by atoms with E-state index < -0.39 is 0 Å². The van der Waals surface area contributed by atoms with Crippen LogP contribution in [-0.2, 0) is 0 Å². The largest absolute Gasteiger partial charge is 0.492 e. The summed E-state index contributed by atoms with van der Waals surface area (Å²) in [4.78, 5) is 0. The van der Waals surface area contributed by atoms with Crippen LogP contribution in [0.1, 0.15) is 0 Å². The Labute approximate surface area is 86.0 Å². The van der Waals surface area contributed by atoms with Crippen LogP contribution in [0.25, 0.3) is 0 Å². The van der Waals surface area contributed by atoms with Crippen molar-refractivity contribution in [2.24, 2.45) is 5.73 Å². The predicted octanol–water partition coefficient (Wildman–Crippen LogP) is 2.06. The van der Waals surface area contributed by atoms with Crippen molar-refractivity contribution in [2.45, 2.75) is 0 Å². The maximum Gasteiger partial charge on any atom is 0.123 e. The van der Waals surface area contributed by atoms with Crippen molar-refractivity contribution >= 4 is 8.15 Å². The van der Waals surface area contributed by atoms with Crippen LogP contribution >= 0.6 is 8.15 Å². The zero-order chi connectivity index (χ0) is 10.4. The molecule has 1 aromatic carbocycles. The molecule has 0 aliphatic carbocycles. The molecule has 0 heterocycles. The number of hydrogen-bond donors (Lipinski definition) is 1. The highest BCUT2D eigenvalue weighted by molar-refractivity contribution is 7.51. The van der Waals surface area contributed by atoms with Gasteiger partial charge in [-0.2, -0.15) is 0 Å². The molecule has 2 N–H and O–H groups in total. The van der Waals surface area contributed by atoms with Gasteiger partial charge < -0.3 is 15.0 Å². The van der Waals surface area contributed by atoms with E-state index >= 15 is 0 Å². The standard InChI is InChI=1S/C10H16NO2P/c1-14(2)13-10-5-3-9(4-6-10)12-8-7-11/h3-6H,7-8,11H2,1-2H3. The van der Waals surface area contributed by atoms with Crippen LogP contribution in [0.3, 0.4) is 0 Å². The minimum Gasteiger partial charge on any atom is -0.492 e. The van der Waals surface area contributed by atoms with E-state index in [1.54, 1.807) is 0 Å². The number of hydrogen-bond acceptors (Lipinski definition) is 3. The first-order chi connectivity index (χ1) is 6.72. The zero-order valence-corrected chi connectivity index (χ0v) is 9.46. The average Bonchev–Trinajstić information content (AvgIpc) is 2.16. The van der Waals surface area contributed by atoms with Crippen molar-refractivity contribution in [2.75, 3.05) is 26.5 Å². The first-order valence-corrected chi connectivity index (χ1v) is 6.66. The third-order valence-electron chi connectivity index (χ3n) is 1.50. The molecule has 0 aliphatic rings. The second kappa shape index (κ2) is 5.84. The molecule has 1 rings (SSSR count). The molecule has 14 heavy (non-hydrogen) atoms. The minimum absolute atomic E-state index is 0.358. The molecule has 0 fully saturated rings. The van der Waals surface area contributed by atoms with Crippen molar-refractivity contribution in [3.8, 4) is 11.5 Å². The van der Waals surface area contributed by atoms with Crippen LogP contribution in [0.5, 0.6) is 11.5 Å². The van der Waals surface area contributed by atoms with Crippen LogP contribution in [0.4, 0.5) is 0 Å². The van der Waals surface area contributed by atoms with Crippen molar-refractivity contribution in [1.82, 2.24) is 0 Å². The summed E-state index contributed by atoms with van der Waals surface area (Å²) in [7, 11) is -0.358. The minimum atomic E-state index is -0.358. The zero-order valence-electron chi connectivity index (χ0n) is 8.56. The SMILES string of the molecule is CP(C)Oc1ccc(OCCN)cc1. The van der Waals surface area contributed by atoms with Crippen LogP contribution < -0.4 is 15.0 Å². The van der Waals surface area contributed by atoms with Gasteiger partial charge in [-0.3, -0.25) is 0 Å². The molecule has 0 saturated carbocycles. The molecule has 0 aliphatic heterocycles. The topological polar surface area (TPSA) is 44.5 Å². The Morgan fingerprint density at radius 3 is 2.21 bits per heavy atom. The van der Waals surface area contributed by atoms with Crippen LogP contribution in [0.2, 0.25) is 0 Å². The number of nitrogens with two attached hydrogens (primary N) is 1. The Balaban J connectivity index is 2.50. The second-order valence-corrected chi connectivity index (χ2v) is 4.82. The Morgan fingerprint density at radius 2 is 1.71 bits per heavy atom. The van der Waals surface area contributed by atoms with E-state index in [9.17, 15) is 0 Å². The second-order valence-electron chi connectivity index (χ2n) is 3.01. The lowest BCUT2D eigenvalue weighted by Gasteiger charge is -2.09. The summed E-state index contributed by atoms with van der Waals surface area (Å²) >= 11 is 0. The predicted molar refractivity (Wildman–Crippen MR) is 60.4 cm³/mol. The van der Waals surface area contributed by atoms with Gasteiger partial charge in [0.05, 0.1) is 8.15 Å². The molecule has 0 aromatic heterocycles. The Morgan fingerprint density at radius 1 is 1.14 bits per heavy atom. The third kappa shape index (κ3) is 3.95. The fourth-order valence-electron chi connectivity index (χ4n) is 0.984. The molecule has 0 atom stereocenters. The maximum absolute atomic E-state index is 5.56. The molecule has 0 bridgehead atoms. The summed E-state index contributed by atoms with van der Waals surface area (Å²) in [6.45, 7) is 5.21. The van der Waals surface area contributed by atoms with E-state index in [0.717, 1.165) is 11.5 Å². The Bertz CT molecular complexity index is 261. The van der Waals surface area contributed by atoms with Crippen LogP contribution in [-0.4, -0.2) is 26.5 Å². The molecule has 3 nitrogen and oxygen atoms in total. The average molecular weight is 213 g/mol. The van der Waals surface area contributed by atoms with E-state index in [2.05, 4.69) is 13.3 Å². The van der Waals surface area contributed by atoms with Gasteiger partial charge in [0.25, 0.3) is 0 Å². The van der Waals surface area contributed by atoms with Crippen LogP contribution in [0, 0.1) is 0 Å². The summed E-state index contributed by atoms with van der Waals surface area (Å²) in [6.07, 6.45) is 0. The molecule has 0 radical (unpaired) electrons. The van der Waals surface area contributed by atoms with E-state index in [1.165, 1.54) is 0 Å². The number of ether oxygens (including phenoxy) is 1. The van der Waals surface area contributed by atoms with Gasteiger partial charge in [0, 0.05) is 6.54 Å². The molecular weight excluding hydrogens is 197 g/mol. The fourth-order valence-corrected chi connectivity index (χ4v) is 1.53.